The molecule has 0 bridgehead atoms. The summed E-state index contributed by atoms with van der Waals surface area (Å²) in [6.45, 7) is 0. The van der Waals surface area contributed by atoms with Crippen LogP contribution in [0, 0.1) is 0 Å². The van der Waals surface area contributed by atoms with Crippen molar-refractivity contribution in [2.45, 2.75) is 0 Å². The molecule has 0 spiro atoms. The fourth-order valence-electron chi connectivity index (χ4n) is 2.71. The van der Waals surface area contributed by atoms with Gasteiger partial charge in [-0.1, -0.05) is 6.07 Å². The van der Waals surface area contributed by atoms with E-state index in [1.165, 1.54) is 12.6 Å². The lowest BCUT2D eigenvalue weighted by Gasteiger charge is -2.12. The van der Waals surface area contributed by atoms with Gasteiger partial charge in [-0.15, -0.1) is 0 Å². The van der Waals surface area contributed by atoms with E-state index in [9.17, 15) is 4.79 Å². The molecule has 0 fully saturated rings. The second-order valence-electron chi connectivity index (χ2n) is 5.12. The van der Waals surface area contributed by atoms with Crippen LogP contribution >= 0.6 is 0 Å². The molecule has 0 N–H and O–H groups in total. The number of nitrogens with zero attached hydrogens (tertiary/aromatic N) is 1. The van der Waals surface area contributed by atoms with E-state index >= 15 is 0 Å². The predicted molar refractivity (Wildman–Crippen MR) is 86.8 cm³/mol. The summed E-state index contributed by atoms with van der Waals surface area (Å²) >= 11 is 0. The molecule has 0 aliphatic rings. The number of rotatable bonds is 4. The maximum absolute atomic E-state index is 11.3. The minimum atomic E-state index is 0.460. The summed E-state index contributed by atoms with van der Waals surface area (Å²) in [5.74, 6) is 1.01. The average molecular weight is 295 g/mol. The Labute approximate surface area is 128 Å². The smallest absolute Gasteiger partial charge is 0.171 e. The van der Waals surface area contributed by atoms with Crippen LogP contribution in [-0.2, 0) is 7.05 Å². The average Bonchev–Trinajstić information content (AvgIpc) is 2.94. The standard InChI is InChI=1S/C18H17NO3/c1-19-7-6-13-8-12(4-5-16(13)19)14-9-15(11-20)18(22-3)17(10-14)21-2/h4-11H,1-3H3. The molecular formula is C18H17NO3. The van der Waals surface area contributed by atoms with Gasteiger partial charge in [-0.3, -0.25) is 4.79 Å². The first-order valence-corrected chi connectivity index (χ1v) is 6.94. The summed E-state index contributed by atoms with van der Waals surface area (Å²) in [7, 11) is 5.11. The first-order chi connectivity index (χ1) is 10.7. The van der Waals surface area contributed by atoms with Crippen LogP contribution in [0.3, 0.4) is 0 Å². The number of fused-ring (bicyclic) bond motifs is 1. The van der Waals surface area contributed by atoms with Gasteiger partial charge >= 0.3 is 0 Å². The normalized spacial score (nSPS) is 10.7. The molecule has 22 heavy (non-hydrogen) atoms. The van der Waals surface area contributed by atoms with E-state index in [1.54, 1.807) is 7.11 Å². The minimum absolute atomic E-state index is 0.460. The van der Waals surface area contributed by atoms with Crippen molar-refractivity contribution < 1.29 is 14.3 Å². The van der Waals surface area contributed by atoms with Gasteiger partial charge < -0.3 is 14.0 Å². The van der Waals surface area contributed by atoms with E-state index in [2.05, 4.69) is 22.8 Å². The Bertz CT molecular complexity index is 849. The summed E-state index contributed by atoms with van der Waals surface area (Å²) in [6, 6.07) is 12.0. The van der Waals surface area contributed by atoms with E-state index in [0.29, 0.717) is 17.1 Å². The number of hydrogen-bond donors (Lipinski definition) is 0. The fourth-order valence-corrected chi connectivity index (χ4v) is 2.71. The molecule has 0 saturated carbocycles. The van der Waals surface area contributed by atoms with Crippen molar-refractivity contribution in [3.05, 3.63) is 48.2 Å². The molecule has 0 unspecified atom stereocenters. The molecular weight excluding hydrogens is 278 g/mol. The largest absolute Gasteiger partial charge is 0.493 e. The number of ether oxygens (including phenoxy) is 2. The maximum Gasteiger partial charge on any atom is 0.171 e. The lowest BCUT2D eigenvalue weighted by Crippen LogP contribution is -1.96. The Kier molecular flexibility index (Phi) is 3.59. The monoisotopic (exact) mass is 295 g/mol. The van der Waals surface area contributed by atoms with E-state index in [-0.39, 0.29) is 0 Å². The van der Waals surface area contributed by atoms with Gasteiger partial charge in [0, 0.05) is 24.1 Å². The van der Waals surface area contributed by atoms with Crippen LogP contribution in [0.2, 0.25) is 0 Å². The number of aldehydes is 1. The number of carbonyl (C=O) groups excluding carboxylic acids is 1. The third-order valence-corrected chi connectivity index (χ3v) is 3.85. The molecule has 3 rings (SSSR count). The Hall–Kier alpha value is -2.75. The van der Waals surface area contributed by atoms with Gasteiger partial charge in [-0.2, -0.15) is 0 Å². The molecule has 0 aliphatic carbocycles. The van der Waals surface area contributed by atoms with E-state index < -0.39 is 0 Å². The Morgan fingerprint density at radius 3 is 2.50 bits per heavy atom. The number of carbonyl (C=O) groups is 1. The van der Waals surface area contributed by atoms with Crippen LogP contribution < -0.4 is 9.47 Å². The summed E-state index contributed by atoms with van der Waals surface area (Å²) < 4.78 is 12.7. The van der Waals surface area contributed by atoms with Crippen molar-refractivity contribution in [1.82, 2.24) is 4.57 Å². The summed E-state index contributed by atoms with van der Waals surface area (Å²) in [5, 5.41) is 1.16. The topological polar surface area (TPSA) is 40.5 Å². The first kappa shape index (κ1) is 14.2. The highest BCUT2D eigenvalue weighted by Gasteiger charge is 2.13. The first-order valence-electron chi connectivity index (χ1n) is 6.94. The molecule has 0 atom stereocenters. The van der Waals surface area contributed by atoms with Crippen LogP contribution in [-0.4, -0.2) is 25.1 Å². The van der Waals surface area contributed by atoms with Crippen LogP contribution in [0.1, 0.15) is 10.4 Å². The summed E-state index contributed by atoms with van der Waals surface area (Å²) in [4.78, 5) is 11.3. The molecule has 4 heteroatoms. The van der Waals surface area contributed by atoms with Crippen molar-refractivity contribution >= 4 is 17.2 Å². The Balaban J connectivity index is 2.18. The van der Waals surface area contributed by atoms with Gasteiger partial charge in [0.25, 0.3) is 0 Å². The predicted octanol–water partition coefficient (Wildman–Crippen LogP) is 3.68. The van der Waals surface area contributed by atoms with Crippen LogP contribution in [0.25, 0.3) is 22.0 Å². The molecule has 1 aromatic heterocycles. The lowest BCUT2D eigenvalue weighted by atomic mass is 10.0. The second-order valence-corrected chi connectivity index (χ2v) is 5.12. The van der Waals surface area contributed by atoms with Crippen molar-refractivity contribution in [2.75, 3.05) is 14.2 Å². The summed E-state index contributed by atoms with van der Waals surface area (Å²) in [6.07, 6.45) is 2.81. The molecule has 0 radical (unpaired) electrons. The third kappa shape index (κ3) is 2.22. The number of aromatic nitrogens is 1. The molecule has 1 heterocycles. The van der Waals surface area contributed by atoms with E-state index in [0.717, 1.165) is 22.8 Å². The van der Waals surface area contributed by atoms with Gasteiger partial charge in [0.05, 0.1) is 19.8 Å². The van der Waals surface area contributed by atoms with Gasteiger partial charge in [-0.05, 0) is 41.5 Å². The highest BCUT2D eigenvalue weighted by molar-refractivity contribution is 5.89. The lowest BCUT2D eigenvalue weighted by molar-refractivity contribution is 0.112. The number of aryl methyl sites for hydroxylation is 1. The molecule has 4 nitrogen and oxygen atoms in total. The minimum Gasteiger partial charge on any atom is -0.493 e. The van der Waals surface area contributed by atoms with Crippen LogP contribution in [0.5, 0.6) is 11.5 Å². The van der Waals surface area contributed by atoms with Crippen LogP contribution in [0.15, 0.2) is 42.6 Å². The number of hydrogen-bond acceptors (Lipinski definition) is 3. The molecule has 0 saturated heterocycles. The highest BCUT2D eigenvalue weighted by atomic mass is 16.5. The summed E-state index contributed by atoms with van der Waals surface area (Å²) in [5.41, 5.74) is 3.60. The molecule has 0 amide bonds. The van der Waals surface area contributed by atoms with Crippen molar-refractivity contribution in [2.24, 2.45) is 7.05 Å². The number of methoxy groups -OCH3 is 2. The Morgan fingerprint density at radius 2 is 1.82 bits per heavy atom. The molecule has 0 aliphatic heterocycles. The van der Waals surface area contributed by atoms with Crippen molar-refractivity contribution in [3.63, 3.8) is 0 Å². The zero-order valence-electron chi connectivity index (χ0n) is 12.8. The van der Waals surface area contributed by atoms with Gasteiger partial charge in [0.15, 0.2) is 17.8 Å². The molecule has 3 aromatic rings. The molecule has 2 aromatic carbocycles. The number of benzene rings is 2. The highest BCUT2D eigenvalue weighted by Crippen LogP contribution is 2.36. The van der Waals surface area contributed by atoms with E-state index in [4.69, 9.17) is 9.47 Å². The third-order valence-electron chi connectivity index (χ3n) is 3.85. The van der Waals surface area contributed by atoms with Crippen molar-refractivity contribution in [3.8, 4) is 22.6 Å². The molecule has 112 valence electrons. The second kappa shape index (κ2) is 5.56. The van der Waals surface area contributed by atoms with E-state index in [1.807, 2.05) is 31.4 Å². The SMILES string of the molecule is COc1cc(-c2ccc3c(ccn3C)c2)cc(C=O)c1OC. The van der Waals surface area contributed by atoms with Crippen molar-refractivity contribution in [1.29, 1.82) is 0 Å². The Morgan fingerprint density at radius 1 is 1.00 bits per heavy atom. The zero-order chi connectivity index (χ0) is 15.7. The zero-order valence-corrected chi connectivity index (χ0v) is 12.8. The van der Waals surface area contributed by atoms with Gasteiger partial charge in [0.2, 0.25) is 0 Å². The van der Waals surface area contributed by atoms with Crippen LogP contribution in [0.4, 0.5) is 0 Å². The van der Waals surface area contributed by atoms with Gasteiger partial charge in [0.1, 0.15) is 0 Å². The maximum atomic E-state index is 11.3. The fraction of sp³-hybridized carbons (Fsp3) is 0.167. The van der Waals surface area contributed by atoms with Gasteiger partial charge in [-0.25, -0.2) is 0 Å². The quantitative estimate of drug-likeness (QED) is 0.689.